The summed E-state index contributed by atoms with van der Waals surface area (Å²) >= 11 is 7.44. The van der Waals surface area contributed by atoms with E-state index in [1.807, 2.05) is 30.3 Å². The lowest BCUT2D eigenvalue weighted by Gasteiger charge is -2.20. The molecule has 1 aliphatic rings. The van der Waals surface area contributed by atoms with Crippen LogP contribution in [0.1, 0.15) is 6.42 Å². The van der Waals surface area contributed by atoms with Crippen molar-refractivity contribution in [2.24, 2.45) is 5.92 Å². The van der Waals surface area contributed by atoms with Crippen LogP contribution in [-0.4, -0.2) is 67.4 Å². The normalized spacial score (nSPS) is 18.6. The van der Waals surface area contributed by atoms with Crippen molar-refractivity contribution in [1.29, 1.82) is 0 Å². The Hall–Kier alpha value is -2.79. The molecule has 0 radical (unpaired) electrons. The maximum absolute atomic E-state index is 13.0. The summed E-state index contributed by atoms with van der Waals surface area (Å²) in [7, 11) is 1.43. The van der Waals surface area contributed by atoms with Gasteiger partial charge in [0.15, 0.2) is 10.7 Å². The van der Waals surface area contributed by atoms with Crippen LogP contribution in [0.25, 0.3) is 22.3 Å². The van der Waals surface area contributed by atoms with Gasteiger partial charge >= 0.3 is 0 Å². The molecule has 2 heterocycles. The average Bonchev–Trinajstić information content (AvgIpc) is 3.42. The molecule has 0 saturated heterocycles. The second-order valence-corrected chi connectivity index (χ2v) is 9.51. The van der Waals surface area contributed by atoms with E-state index in [0.717, 1.165) is 5.56 Å². The number of Topliss-reactive ketones (excluding diaryl/α,β-unsaturated/α-hetero) is 1. The number of imidazole rings is 1. The first-order valence-electron chi connectivity index (χ1n) is 11.4. The van der Waals surface area contributed by atoms with Gasteiger partial charge in [-0.05, 0) is 24.6 Å². The molecule has 0 amide bonds. The lowest BCUT2D eigenvalue weighted by molar-refractivity contribution is -0.118. The van der Waals surface area contributed by atoms with Crippen molar-refractivity contribution in [1.82, 2.24) is 9.38 Å². The van der Waals surface area contributed by atoms with E-state index in [0.29, 0.717) is 53.8 Å². The molecule has 11 heteroatoms. The number of methoxy groups -OCH3 is 1. The van der Waals surface area contributed by atoms with Crippen LogP contribution in [0.5, 0.6) is 5.75 Å². The van der Waals surface area contributed by atoms with E-state index in [1.165, 1.54) is 22.8 Å². The molecular formula is C25H26ClFN2O6S. The summed E-state index contributed by atoms with van der Waals surface area (Å²) in [5.74, 6) is 0.446. The smallest absolute Gasteiger partial charge is 0.274 e. The Morgan fingerprint density at radius 1 is 1.19 bits per heavy atom. The van der Waals surface area contributed by atoms with E-state index in [1.54, 1.807) is 12.3 Å². The molecule has 192 valence electrons. The number of fused-ring (bicyclic) bond motifs is 1. The second kappa shape index (κ2) is 12.4. The summed E-state index contributed by atoms with van der Waals surface area (Å²) in [5.41, 5.74) is 1.30. The zero-order valence-corrected chi connectivity index (χ0v) is 21.2. The topological polar surface area (TPSA) is 88.4 Å². The van der Waals surface area contributed by atoms with Gasteiger partial charge in [-0.2, -0.15) is 0 Å². The Bertz CT molecular complexity index is 1340. The summed E-state index contributed by atoms with van der Waals surface area (Å²) in [4.78, 5) is 30.2. The molecule has 2 aromatic heterocycles. The number of aromatic nitrogens is 2. The third-order valence-electron chi connectivity index (χ3n) is 5.48. The largest absolute Gasteiger partial charge is 0.493 e. The zero-order valence-electron chi connectivity index (χ0n) is 19.7. The SMILES string of the molecule is COC1=CC(/C=c2\sc3nc(-c4cccc(OCCOCCOCCF)c4)cn3c2=O)CC(Cl)C1=O. The number of rotatable bonds is 12. The van der Waals surface area contributed by atoms with Crippen LogP contribution in [0.15, 0.2) is 47.1 Å². The van der Waals surface area contributed by atoms with Crippen LogP contribution in [0.4, 0.5) is 4.39 Å². The van der Waals surface area contributed by atoms with Crippen LogP contribution in [0.2, 0.25) is 0 Å². The number of nitrogens with zero attached hydrogens (tertiary/aromatic N) is 2. The Kier molecular flexibility index (Phi) is 9.08. The highest BCUT2D eigenvalue weighted by molar-refractivity contribution is 7.15. The Morgan fingerprint density at radius 3 is 2.72 bits per heavy atom. The Balaban J connectivity index is 1.42. The van der Waals surface area contributed by atoms with E-state index in [4.69, 9.17) is 30.5 Å². The van der Waals surface area contributed by atoms with Gasteiger partial charge in [0.05, 0.1) is 43.8 Å². The Morgan fingerprint density at radius 2 is 1.97 bits per heavy atom. The lowest BCUT2D eigenvalue weighted by Crippen LogP contribution is -2.28. The first-order chi connectivity index (χ1) is 17.5. The van der Waals surface area contributed by atoms with E-state index >= 15 is 0 Å². The number of allylic oxidation sites excluding steroid dienone is 2. The number of halogens is 2. The van der Waals surface area contributed by atoms with Crippen molar-refractivity contribution in [3.05, 3.63) is 57.2 Å². The van der Waals surface area contributed by atoms with Crippen molar-refractivity contribution in [3.8, 4) is 17.0 Å². The third kappa shape index (κ3) is 6.31. The molecule has 2 unspecified atom stereocenters. The second-order valence-electron chi connectivity index (χ2n) is 7.97. The minimum Gasteiger partial charge on any atom is -0.493 e. The molecule has 1 aromatic carbocycles. The number of hydrogen-bond acceptors (Lipinski definition) is 8. The number of benzene rings is 1. The van der Waals surface area contributed by atoms with Crippen molar-refractivity contribution in [2.75, 3.05) is 46.8 Å². The molecular weight excluding hydrogens is 511 g/mol. The van der Waals surface area contributed by atoms with Crippen molar-refractivity contribution < 1.29 is 28.1 Å². The number of carbonyl (C=O) groups excluding carboxylic acids is 1. The van der Waals surface area contributed by atoms with E-state index in [2.05, 4.69) is 4.98 Å². The quantitative estimate of drug-likeness (QED) is 0.260. The van der Waals surface area contributed by atoms with Gasteiger partial charge in [0.2, 0.25) is 5.78 Å². The molecule has 8 nitrogen and oxygen atoms in total. The zero-order chi connectivity index (χ0) is 25.5. The fourth-order valence-corrected chi connectivity index (χ4v) is 5.07. The highest BCUT2D eigenvalue weighted by atomic mass is 35.5. The summed E-state index contributed by atoms with van der Waals surface area (Å²) < 4.78 is 35.3. The number of thiazole rings is 1. The highest BCUT2D eigenvalue weighted by Crippen LogP contribution is 2.27. The van der Waals surface area contributed by atoms with Crippen LogP contribution < -0.4 is 14.8 Å². The minimum atomic E-state index is -0.681. The van der Waals surface area contributed by atoms with Crippen molar-refractivity contribution >= 4 is 39.8 Å². The van der Waals surface area contributed by atoms with Crippen LogP contribution in [-0.2, 0) is 19.0 Å². The predicted octanol–water partition coefficient (Wildman–Crippen LogP) is 3.03. The molecule has 0 bridgehead atoms. The molecule has 0 saturated carbocycles. The molecule has 0 N–H and O–H groups in total. The first-order valence-corrected chi connectivity index (χ1v) is 12.7. The van der Waals surface area contributed by atoms with Crippen LogP contribution in [0, 0.1) is 5.92 Å². The summed E-state index contributed by atoms with van der Waals surface area (Å²) in [6.45, 7) is 1.02. The molecule has 4 rings (SSSR count). The lowest BCUT2D eigenvalue weighted by atomic mass is 9.93. The maximum Gasteiger partial charge on any atom is 0.274 e. The number of hydrogen-bond donors (Lipinski definition) is 0. The van der Waals surface area contributed by atoms with E-state index < -0.39 is 12.1 Å². The molecule has 0 aliphatic heterocycles. The van der Waals surface area contributed by atoms with Gasteiger partial charge in [0.25, 0.3) is 5.56 Å². The standard InChI is InChI=1S/C25H26ClFN2O6S/c1-32-21-12-16(11-19(26)23(21)30)13-22-24(31)29-15-20(28-25(29)36-22)17-3-2-4-18(14-17)35-10-9-34-8-7-33-6-5-27/h2-4,12-16,19H,5-11H2,1H3/b22-13-. The predicted molar refractivity (Wildman–Crippen MR) is 135 cm³/mol. The first kappa shape index (κ1) is 26.3. The van der Waals surface area contributed by atoms with E-state index in [9.17, 15) is 14.0 Å². The van der Waals surface area contributed by atoms with Gasteiger partial charge in [-0.3, -0.25) is 14.0 Å². The van der Waals surface area contributed by atoms with Gasteiger partial charge in [0, 0.05) is 17.7 Å². The van der Waals surface area contributed by atoms with Crippen molar-refractivity contribution in [2.45, 2.75) is 11.8 Å². The summed E-state index contributed by atoms with van der Waals surface area (Å²) in [5, 5.41) is -0.681. The Labute approximate surface area is 215 Å². The van der Waals surface area contributed by atoms with E-state index in [-0.39, 0.29) is 29.6 Å². The number of alkyl halides is 2. The molecule has 36 heavy (non-hydrogen) atoms. The molecule has 3 aromatic rings. The monoisotopic (exact) mass is 536 g/mol. The fourth-order valence-electron chi connectivity index (χ4n) is 3.75. The van der Waals surface area contributed by atoms with Gasteiger partial charge in [-0.15, -0.1) is 11.6 Å². The minimum absolute atomic E-state index is 0.0789. The molecule has 0 fully saturated rings. The van der Waals surface area contributed by atoms with Gasteiger partial charge < -0.3 is 18.9 Å². The molecule has 0 spiro atoms. The maximum atomic E-state index is 13.0. The van der Waals surface area contributed by atoms with Gasteiger partial charge in [0.1, 0.15) is 24.4 Å². The van der Waals surface area contributed by atoms with Crippen LogP contribution in [0.3, 0.4) is 0 Å². The summed E-state index contributed by atoms with van der Waals surface area (Å²) in [6.07, 6.45) is 5.62. The summed E-state index contributed by atoms with van der Waals surface area (Å²) in [6, 6.07) is 7.43. The van der Waals surface area contributed by atoms with Gasteiger partial charge in [-0.25, -0.2) is 9.37 Å². The molecule has 2 atom stereocenters. The fraction of sp³-hybridized carbons (Fsp3) is 0.400. The number of ketones is 1. The average molecular weight is 537 g/mol. The number of ether oxygens (including phenoxy) is 4. The third-order valence-corrected chi connectivity index (χ3v) is 6.86. The van der Waals surface area contributed by atoms with Gasteiger partial charge in [-0.1, -0.05) is 29.5 Å². The number of carbonyl (C=O) groups is 1. The van der Waals surface area contributed by atoms with Crippen LogP contribution >= 0.6 is 22.9 Å². The highest BCUT2D eigenvalue weighted by Gasteiger charge is 2.29. The van der Waals surface area contributed by atoms with Crippen molar-refractivity contribution in [3.63, 3.8) is 0 Å². The molecule has 1 aliphatic carbocycles.